The molecule has 0 aliphatic rings. The van der Waals surface area contributed by atoms with E-state index in [4.69, 9.17) is 4.74 Å². The molecule has 29 heavy (non-hydrogen) atoms. The number of esters is 1. The van der Waals surface area contributed by atoms with Gasteiger partial charge < -0.3 is 9.84 Å². The van der Waals surface area contributed by atoms with Crippen LogP contribution in [0.4, 0.5) is 13.2 Å². The monoisotopic (exact) mass is 400 g/mol. The van der Waals surface area contributed by atoms with E-state index < -0.39 is 17.7 Å². The quantitative estimate of drug-likeness (QED) is 0.434. The minimum absolute atomic E-state index is 0.173. The van der Waals surface area contributed by atoms with Gasteiger partial charge in [-0.05, 0) is 53.6 Å². The van der Waals surface area contributed by atoms with Gasteiger partial charge in [-0.2, -0.15) is 13.2 Å². The molecule has 0 atom stereocenters. The van der Waals surface area contributed by atoms with Gasteiger partial charge in [0.2, 0.25) is 0 Å². The van der Waals surface area contributed by atoms with Gasteiger partial charge in [-0.15, -0.1) is 0 Å². The van der Waals surface area contributed by atoms with Crippen LogP contribution in [0.5, 0.6) is 11.5 Å². The Morgan fingerprint density at radius 3 is 1.93 bits per heavy atom. The van der Waals surface area contributed by atoms with Gasteiger partial charge in [-0.3, -0.25) is 0 Å². The molecule has 0 saturated carbocycles. The molecule has 0 amide bonds. The summed E-state index contributed by atoms with van der Waals surface area (Å²) in [7, 11) is 0. The third-order valence-corrected chi connectivity index (χ3v) is 4.80. The highest BCUT2D eigenvalue weighted by Crippen LogP contribution is 2.33. The largest absolute Gasteiger partial charge is 0.508 e. The lowest BCUT2D eigenvalue weighted by molar-refractivity contribution is -0.137. The lowest BCUT2D eigenvalue weighted by Gasteiger charge is -2.26. The third kappa shape index (κ3) is 4.59. The van der Waals surface area contributed by atoms with Gasteiger partial charge in [0.25, 0.3) is 0 Å². The van der Waals surface area contributed by atoms with Crippen LogP contribution >= 0.6 is 0 Å². The van der Waals surface area contributed by atoms with Crippen molar-refractivity contribution in [2.75, 3.05) is 0 Å². The Morgan fingerprint density at radius 2 is 1.38 bits per heavy atom. The molecular weight excluding hydrogens is 381 g/mol. The van der Waals surface area contributed by atoms with Crippen LogP contribution in [0.2, 0.25) is 0 Å². The zero-order valence-electron chi connectivity index (χ0n) is 15.8. The van der Waals surface area contributed by atoms with Crippen molar-refractivity contribution in [2.24, 2.45) is 0 Å². The number of phenolic OH excluding ortho intramolecular Hbond substituents is 1. The number of aromatic hydroxyl groups is 1. The predicted octanol–water partition coefficient (Wildman–Crippen LogP) is 5.96. The van der Waals surface area contributed by atoms with Crippen LogP contribution in [0, 0.1) is 0 Å². The van der Waals surface area contributed by atoms with Gasteiger partial charge in [0.1, 0.15) is 11.5 Å². The molecule has 0 radical (unpaired) electrons. The Kier molecular flexibility index (Phi) is 5.38. The van der Waals surface area contributed by atoms with E-state index in [1.165, 1.54) is 12.1 Å². The molecule has 0 heterocycles. The summed E-state index contributed by atoms with van der Waals surface area (Å²) in [4.78, 5) is 12.2. The van der Waals surface area contributed by atoms with Crippen molar-refractivity contribution < 1.29 is 27.8 Å². The van der Waals surface area contributed by atoms with Gasteiger partial charge in [0, 0.05) is 5.41 Å². The number of hydrogen-bond donors (Lipinski definition) is 1. The average Bonchev–Trinajstić information content (AvgIpc) is 2.68. The summed E-state index contributed by atoms with van der Waals surface area (Å²) in [5, 5.41) is 9.46. The number of ether oxygens (including phenoxy) is 1. The van der Waals surface area contributed by atoms with Crippen molar-refractivity contribution in [3.05, 3.63) is 95.1 Å². The smallest absolute Gasteiger partial charge is 0.416 e. The molecule has 0 aliphatic carbocycles. The summed E-state index contributed by atoms with van der Waals surface area (Å²) in [5.41, 5.74) is 0.495. The molecule has 3 rings (SSSR count). The van der Waals surface area contributed by atoms with Gasteiger partial charge in [-0.25, -0.2) is 4.79 Å². The highest BCUT2D eigenvalue weighted by molar-refractivity contribution is 5.91. The Morgan fingerprint density at radius 1 is 0.828 bits per heavy atom. The minimum Gasteiger partial charge on any atom is -0.508 e. The van der Waals surface area contributed by atoms with Crippen LogP contribution in [0.3, 0.4) is 0 Å². The lowest BCUT2D eigenvalue weighted by Crippen LogP contribution is -2.18. The Bertz CT molecular complexity index is 1000. The highest BCUT2D eigenvalue weighted by atomic mass is 19.4. The maximum atomic E-state index is 12.8. The third-order valence-electron chi connectivity index (χ3n) is 4.80. The van der Waals surface area contributed by atoms with E-state index in [-0.39, 0.29) is 22.5 Å². The number of carbonyl (C=O) groups excluding carboxylic acids is 1. The molecule has 0 aromatic heterocycles. The van der Waals surface area contributed by atoms with Crippen LogP contribution in [0.25, 0.3) is 0 Å². The number of alkyl halides is 3. The first-order valence-electron chi connectivity index (χ1n) is 8.87. The molecule has 0 aliphatic heterocycles. The number of phenols is 1. The number of hydrogen-bond acceptors (Lipinski definition) is 3. The van der Waals surface area contributed by atoms with Gasteiger partial charge in [0.15, 0.2) is 0 Å². The van der Waals surface area contributed by atoms with Crippen LogP contribution in [-0.4, -0.2) is 11.1 Å². The number of rotatable bonds is 4. The van der Waals surface area contributed by atoms with Crippen LogP contribution in [0.15, 0.2) is 72.8 Å². The fourth-order valence-corrected chi connectivity index (χ4v) is 2.97. The van der Waals surface area contributed by atoms with E-state index in [9.17, 15) is 23.1 Å². The second-order valence-corrected chi connectivity index (χ2v) is 7.16. The summed E-state index contributed by atoms with van der Waals surface area (Å²) in [6.07, 6.45) is -4.53. The van der Waals surface area contributed by atoms with E-state index in [0.29, 0.717) is 0 Å². The molecule has 0 fully saturated rings. The molecule has 0 bridgehead atoms. The summed E-state index contributed by atoms with van der Waals surface area (Å²) in [6, 6.07) is 17.8. The molecule has 3 aromatic rings. The van der Waals surface area contributed by atoms with E-state index in [2.05, 4.69) is 0 Å². The van der Waals surface area contributed by atoms with Crippen molar-refractivity contribution >= 4 is 5.97 Å². The van der Waals surface area contributed by atoms with Crippen LogP contribution in [-0.2, 0) is 11.6 Å². The van der Waals surface area contributed by atoms with Crippen LogP contribution < -0.4 is 4.74 Å². The summed E-state index contributed by atoms with van der Waals surface area (Å²) < 4.78 is 43.6. The molecular formula is C23H19F3O3. The zero-order chi connectivity index (χ0) is 21.2. The molecule has 150 valence electrons. The maximum absolute atomic E-state index is 12.8. The second-order valence-electron chi connectivity index (χ2n) is 7.16. The van der Waals surface area contributed by atoms with Crippen molar-refractivity contribution in [3.63, 3.8) is 0 Å². The van der Waals surface area contributed by atoms with Crippen molar-refractivity contribution in [1.29, 1.82) is 0 Å². The Balaban J connectivity index is 1.77. The van der Waals surface area contributed by atoms with E-state index >= 15 is 0 Å². The van der Waals surface area contributed by atoms with Crippen LogP contribution in [0.1, 0.15) is 40.9 Å². The van der Waals surface area contributed by atoms with E-state index in [1.54, 1.807) is 36.4 Å². The summed E-state index contributed by atoms with van der Waals surface area (Å²) >= 11 is 0. The first-order chi connectivity index (χ1) is 13.6. The molecule has 0 spiro atoms. The van der Waals surface area contributed by atoms with Crippen molar-refractivity contribution in [3.8, 4) is 11.5 Å². The molecule has 0 unspecified atom stereocenters. The predicted molar refractivity (Wildman–Crippen MR) is 103 cm³/mol. The fourth-order valence-electron chi connectivity index (χ4n) is 2.97. The van der Waals surface area contributed by atoms with Crippen molar-refractivity contribution in [2.45, 2.75) is 25.4 Å². The number of benzene rings is 3. The SMILES string of the molecule is CC(C)(c1ccc(O)cc1)c1ccc(OC(=O)c2cccc(C(F)(F)F)c2)cc1. The first-order valence-corrected chi connectivity index (χ1v) is 8.87. The van der Waals surface area contributed by atoms with Crippen molar-refractivity contribution in [1.82, 2.24) is 0 Å². The topological polar surface area (TPSA) is 46.5 Å². The van der Waals surface area contributed by atoms with E-state index in [1.807, 2.05) is 26.0 Å². The Labute approximate surface area is 166 Å². The van der Waals surface area contributed by atoms with Gasteiger partial charge in [0.05, 0.1) is 11.1 Å². The fraction of sp³-hybridized carbons (Fsp3) is 0.174. The Hall–Kier alpha value is -3.28. The van der Waals surface area contributed by atoms with Gasteiger partial charge in [-0.1, -0.05) is 44.2 Å². The second kappa shape index (κ2) is 7.62. The van der Waals surface area contributed by atoms with Gasteiger partial charge >= 0.3 is 12.1 Å². The molecule has 1 N–H and O–H groups in total. The van der Waals surface area contributed by atoms with E-state index in [0.717, 1.165) is 23.3 Å². The molecule has 0 saturated heterocycles. The molecule has 6 heteroatoms. The molecule has 3 aromatic carbocycles. The molecule has 3 nitrogen and oxygen atoms in total. The standard InChI is InChI=1S/C23H19F3O3/c1-22(2,16-6-10-19(27)11-7-16)17-8-12-20(13-9-17)29-21(28)15-4-3-5-18(14-15)23(24,25)26/h3-14,27H,1-2H3. The lowest BCUT2D eigenvalue weighted by atomic mass is 9.78. The number of halogens is 3. The highest BCUT2D eigenvalue weighted by Gasteiger charge is 2.31. The summed E-state index contributed by atoms with van der Waals surface area (Å²) in [5.74, 6) is -0.444. The zero-order valence-corrected chi connectivity index (χ0v) is 15.8. The normalized spacial score (nSPS) is 11.9. The first kappa shape index (κ1) is 20.5. The minimum atomic E-state index is -4.53. The summed E-state index contributed by atoms with van der Waals surface area (Å²) in [6.45, 7) is 4.03. The maximum Gasteiger partial charge on any atom is 0.416 e. The number of carbonyl (C=O) groups is 1. The average molecular weight is 400 g/mol.